The molecule has 1 saturated carbocycles. The van der Waals surface area contributed by atoms with E-state index in [2.05, 4.69) is 20.1 Å². The van der Waals surface area contributed by atoms with Crippen LogP contribution in [0.25, 0.3) is 11.4 Å². The van der Waals surface area contributed by atoms with Crippen molar-refractivity contribution in [2.45, 2.75) is 75.2 Å². The van der Waals surface area contributed by atoms with Gasteiger partial charge in [-0.05, 0) is 43.9 Å². The predicted octanol–water partition coefficient (Wildman–Crippen LogP) is 3.78. The highest BCUT2D eigenvalue weighted by Crippen LogP contribution is 2.36. The van der Waals surface area contributed by atoms with Crippen LogP contribution in [0.3, 0.4) is 0 Å². The monoisotopic (exact) mass is 458 g/mol. The van der Waals surface area contributed by atoms with Gasteiger partial charge >= 0.3 is 0 Å². The first kappa shape index (κ1) is 21.6. The zero-order chi connectivity index (χ0) is 21.8. The zero-order valence-electron chi connectivity index (χ0n) is 18.3. The van der Waals surface area contributed by atoms with Crippen LogP contribution >= 0.6 is 11.8 Å². The molecule has 1 amide bonds. The molecule has 8 nitrogen and oxygen atoms in total. The molecule has 0 radical (unpaired) electrons. The van der Waals surface area contributed by atoms with Crippen molar-refractivity contribution in [2.24, 2.45) is 0 Å². The Morgan fingerprint density at radius 3 is 2.72 bits per heavy atom. The first-order valence-electron chi connectivity index (χ1n) is 11.6. The third-order valence-electron chi connectivity index (χ3n) is 6.31. The standard InChI is InChI=1S/C23H30N4O4S/c28-21(24-17-6-3-1-2-4-7-17)14-32-23-26-25-22(27(23)13-18-8-5-11-29-18)16-9-10-19-20(12-16)31-15-30-19/h9-10,12,17-18H,1-8,11,13-15H2,(H,24,28)/t18-/m0/s1. The summed E-state index contributed by atoms with van der Waals surface area (Å²) >= 11 is 1.44. The number of carbonyl (C=O) groups is 1. The number of benzene rings is 1. The molecule has 3 aliphatic rings. The third kappa shape index (κ3) is 5.04. The van der Waals surface area contributed by atoms with Crippen molar-refractivity contribution in [3.05, 3.63) is 18.2 Å². The van der Waals surface area contributed by atoms with Gasteiger partial charge in [0.05, 0.1) is 18.4 Å². The van der Waals surface area contributed by atoms with Crippen molar-refractivity contribution < 1.29 is 19.0 Å². The molecule has 1 N–H and O–H groups in total. The second-order valence-electron chi connectivity index (χ2n) is 8.66. The van der Waals surface area contributed by atoms with E-state index in [1.54, 1.807) is 0 Å². The number of thioether (sulfide) groups is 1. The summed E-state index contributed by atoms with van der Waals surface area (Å²) in [5, 5.41) is 12.9. The van der Waals surface area contributed by atoms with Crippen LogP contribution in [0.1, 0.15) is 51.4 Å². The third-order valence-corrected chi connectivity index (χ3v) is 7.28. The second kappa shape index (κ2) is 10.1. The van der Waals surface area contributed by atoms with Gasteiger partial charge in [0, 0.05) is 18.2 Å². The molecule has 2 fully saturated rings. The lowest BCUT2D eigenvalue weighted by Crippen LogP contribution is -2.35. The minimum Gasteiger partial charge on any atom is -0.454 e. The summed E-state index contributed by atoms with van der Waals surface area (Å²) in [7, 11) is 0. The average Bonchev–Trinajstić information content (AvgIpc) is 3.52. The van der Waals surface area contributed by atoms with Crippen LogP contribution in [0.2, 0.25) is 0 Å². The molecule has 1 aliphatic carbocycles. The van der Waals surface area contributed by atoms with E-state index in [4.69, 9.17) is 14.2 Å². The maximum Gasteiger partial charge on any atom is 0.231 e. The zero-order valence-corrected chi connectivity index (χ0v) is 19.1. The SMILES string of the molecule is O=C(CSc1nnc(-c2ccc3c(c2)OCO3)n1C[C@@H]1CCCO1)NC1CCCCCC1. The smallest absolute Gasteiger partial charge is 0.231 e. The topological polar surface area (TPSA) is 87.5 Å². The van der Waals surface area contributed by atoms with E-state index < -0.39 is 0 Å². The molecular formula is C23H30N4O4S. The lowest BCUT2D eigenvalue weighted by molar-refractivity contribution is -0.119. The molecule has 5 rings (SSSR count). The van der Waals surface area contributed by atoms with Crippen molar-refractivity contribution in [1.29, 1.82) is 0 Å². The van der Waals surface area contributed by atoms with Crippen molar-refractivity contribution in [3.63, 3.8) is 0 Å². The minimum atomic E-state index is 0.0678. The fourth-order valence-electron chi connectivity index (χ4n) is 4.62. The molecule has 1 atom stereocenters. The van der Waals surface area contributed by atoms with Gasteiger partial charge in [-0.3, -0.25) is 9.36 Å². The van der Waals surface area contributed by atoms with Crippen LogP contribution in [-0.4, -0.2) is 52.0 Å². The number of nitrogens with zero attached hydrogens (tertiary/aromatic N) is 3. The molecule has 32 heavy (non-hydrogen) atoms. The lowest BCUT2D eigenvalue weighted by atomic mass is 10.1. The van der Waals surface area contributed by atoms with Gasteiger partial charge in [-0.15, -0.1) is 10.2 Å². The summed E-state index contributed by atoms with van der Waals surface area (Å²) in [6, 6.07) is 6.11. The lowest BCUT2D eigenvalue weighted by Gasteiger charge is -2.17. The largest absolute Gasteiger partial charge is 0.454 e. The fourth-order valence-corrected chi connectivity index (χ4v) is 5.38. The van der Waals surface area contributed by atoms with Gasteiger partial charge in [0.25, 0.3) is 0 Å². The molecule has 2 aromatic rings. The second-order valence-corrected chi connectivity index (χ2v) is 9.61. The van der Waals surface area contributed by atoms with E-state index >= 15 is 0 Å². The molecule has 172 valence electrons. The predicted molar refractivity (Wildman–Crippen MR) is 121 cm³/mol. The highest BCUT2D eigenvalue weighted by molar-refractivity contribution is 7.99. The summed E-state index contributed by atoms with van der Waals surface area (Å²) in [6.07, 6.45) is 9.34. The average molecular weight is 459 g/mol. The molecule has 2 aliphatic heterocycles. The van der Waals surface area contributed by atoms with Gasteiger partial charge < -0.3 is 19.5 Å². The first-order valence-corrected chi connectivity index (χ1v) is 12.6. The Labute approximate surface area is 192 Å². The van der Waals surface area contributed by atoms with E-state index in [9.17, 15) is 4.79 Å². The van der Waals surface area contributed by atoms with Crippen molar-refractivity contribution in [2.75, 3.05) is 19.2 Å². The number of hydrogen-bond acceptors (Lipinski definition) is 7. The fraction of sp³-hybridized carbons (Fsp3) is 0.609. The van der Waals surface area contributed by atoms with Crippen LogP contribution in [-0.2, 0) is 16.1 Å². The van der Waals surface area contributed by atoms with Gasteiger partial charge in [0.15, 0.2) is 22.5 Å². The Morgan fingerprint density at radius 1 is 1.06 bits per heavy atom. The number of amides is 1. The number of aromatic nitrogens is 3. The number of fused-ring (bicyclic) bond motifs is 1. The number of carbonyl (C=O) groups excluding carboxylic acids is 1. The Kier molecular flexibility index (Phi) is 6.83. The quantitative estimate of drug-likeness (QED) is 0.499. The number of rotatable bonds is 7. The molecule has 1 aromatic carbocycles. The van der Waals surface area contributed by atoms with E-state index in [0.717, 1.165) is 54.6 Å². The Balaban J connectivity index is 1.30. The van der Waals surface area contributed by atoms with Crippen LogP contribution in [0.15, 0.2) is 23.4 Å². The highest BCUT2D eigenvalue weighted by atomic mass is 32.2. The number of nitrogens with one attached hydrogen (secondary N) is 1. The molecule has 9 heteroatoms. The summed E-state index contributed by atoms with van der Waals surface area (Å²) in [5.74, 6) is 2.61. The van der Waals surface area contributed by atoms with Crippen LogP contribution in [0.5, 0.6) is 11.5 Å². The molecule has 0 unspecified atom stereocenters. The summed E-state index contributed by atoms with van der Waals surface area (Å²) < 4.78 is 18.9. The van der Waals surface area contributed by atoms with Gasteiger partial charge in [-0.25, -0.2) is 0 Å². The highest BCUT2D eigenvalue weighted by Gasteiger charge is 2.24. The maximum atomic E-state index is 12.6. The molecule has 1 aromatic heterocycles. The van der Waals surface area contributed by atoms with Gasteiger partial charge in [-0.2, -0.15) is 0 Å². The Hall–Kier alpha value is -2.26. The summed E-state index contributed by atoms with van der Waals surface area (Å²) in [5.41, 5.74) is 0.912. The first-order chi connectivity index (χ1) is 15.8. The van der Waals surface area contributed by atoms with Crippen molar-refractivity contribution >= 4 is 17.7 Å². The van der Waals surface area contributed by atoms with E-state index in [1.807, 2.05) is 18.2 Å². The van der Waals surface area contributed by atoms with E-state index in [-0.39, 0.29) is 18.8 Å². The van der Waals surface area contributed by atoms with Crippen LogP contribution in [0, 0.1) is 0 Å². The Bertz CT molecular complexity index is 936. The van der Waals surface area contributed by atoms with E-state index in [1.165, 1.54) is 37.4 Å². The minimum absolute atomic E-state index is 0.0678. The van der Waals surface area contributed by atoms with Gasteiger partial charge in [0.2, 0.25) is 12.7 Å². The Morgan fingerprint density at radius 2 is 1.91 bits per heavy atom. The number of hydrogen-bond donors (Lipinski definition) is 1. The van der Waals surface area contributed by atoms with E-state index in [0.29, 0.717) is 24.1 Å². The molecule has 0 bridgehead atoms. The van der Waals surface area contributed by atoms with Crippen molar-refractivity contribution in [1.82, 2.24) is 20.1 Å². The summed E-state index contributed by atoms with van der Waals surface area (Å²) in [6.45, 7) is 1.69. The molecule has 1 saturated heterocycles. The van der Waals surface area contributed by atoms with Gasteiger partial charge in [-0.1, -0.05) is 37.4 Å². The van der Waals surface area contributed by atoms with Gasteiger partial charge in [0.1, 0.15) is 0 Å². The maximum absolute atomic E-state index is 12.6. The van der Waals surface area contributed by atoms with Crippen LogP contribution in [0.4, 0.5) is 0 Å². The normalized spacial score (nSPS) is 20.9. The number of ether oxygens (including phenoxy) is 3. The van der Waals surface area contributed by atoms with Crippen LogP contribution < -0.4 is 14.8 Å². The molecule has 3 heterocycles. The molecule has 0 spiro atoms. The molecular weight excluding hydrogens is 428 g/mol. The van der Waals surface area contributed by atoms with Crippen molar-refractivity contribution in [3.8, 4) is 22.9 Å². The summed E-state index contributed by atoms with van der Waals surface area (Å²) in [4.78, 5) is 12.6.